The Bertz CT molecular complexity index is 473. The predicted molar refractivity (Wildman–Crippen MR) is 58.8 cm³/mol. The summed E-state index contributed by atoms with van der Waals surface area (Å²) < 4.78 is 14.1. The summed E-state index contributed by atoms with van der Waals surface area (Å²) in [6.45, 7) is 0. The van der Waals surface area contributed by atoms with Gasteiger partial charge in [0.25, 0.3) is 0 Å². The lowest BCUT2D eigenvalue weighted by atomic mass is 10.2. The van der Waals surface area contributed by atoms with E-state index in [1.54, 1.807) is 6.07 Å². The number of benzene rings is 1. The zero-order chi connectivity index (χ0) is 10.3. The molecule has 1 heterocycles. The number of nitrogen functional groups attached to an aromatic ring is 1. The van der Waals surface area contributed by atoms with Crippen molar-refractivity contribution in [3.63, 3.8) is 0 Å². The molecule has 14 heavy (non-hydrogen) atoms. The molecule has 2 aromatic rings. The van der Waals surface area contributed by atoms with Crippen LogP contribution in [0.2, 0.25) is 5.02 Å². The molecule has 0 radical (unpaired) electrons. The zero-order valence-electron chi connectivity index (χ0n) is 6.89. The number of hydrogen-bond acceptors (Lipinski definition) is 2. The Kier molecular flexibility index (Phi) is 2.33. The standard InChI is InChI=1S/C9H5BrClFN2/c10-8-5(13)3-14-6-2-1-4(11)9(12)7(6)8/h1-3H,13H2. The van der Waals surface area contributed by atoms with Crippen molar-refractivity contribution < 1.29 is 4.39 Å². The number of halogens is 3. The van der Waals surface area contributed by atoms with E-state index in [0.29, 0.717) is 21.1 Å². The van der Waals surface area contributed by atoms with Crippen LogP contribution in [0.25, 0.3) is 10.9 Å². The minimum atomic E-state index is -0.504. The minimum absolute atomic E-state index is 0.0607. The van der Waals surface area contributed by atoms with Gasteiger partial charge in [0.2, 0.25) is 0 Å². The molecule has 0 aliphatic carbocycles. The van der Waals surface area contributed by atoms with Gasteiger partial charge in [0.15, 0.2) is 5.82 Å². The van der Waals surface area contributed by atoms with Gasteiger partial charge in [-0.25, -0.2) is 4.39 Å². The Hall–Kier alpha value is -0.870. The molecule has 1 aromatic heterocycles. The topological polar surface area (TPSA) is 38.9 Å². The average Bonchev–Trinajstić information content (AvgIpc) is 2.17. The molecule has 0 aliphatic rings. The maximum Gasteiger partial charge on any atom is 0.152 e. The van der Waals surface area contributed by atoms with Crippen molar-refractivity contribution in [2.75, 3.05) is 5.73 Å². The predicted octanol–water partition coefficient (Wildman–Crippen LogP) is 3.37. The Labute approximate surface area is 93.0 Å². The summed E-state index contributed by atoms with van der Waals surface area (Å²) in [5.41, 5.74) is 6.49. The highest BCUT2D eigenvalue weighted by Gasteiger charge is 2.11. The van der Waals surface area contributed by atoms with Gasteiger partial charge in [0.1, 0.15) is 0 Å². The molecular weight excluding hydrogens is 270 g/mol. The number of hydrogen-bond donors (Lipinski definition) is 1. The maximum atomic E-state index is 13.6. The monoisotopic (exact) mass is 274 g/mol. The van der Waals surface area contributed by atoms with E-state index in [-0.39, 0.29) is 5.02 Å². The summed E-state index contributed by atoms with van der Waals surface area (Å²) in [4.78, 5) is 3.99. The van der Waals surface area contributed by atoms with Gasteiger partial charge in [0, 0.05) is 0 Å². The van der Waals surface area contributed by atoms with Gasteiger partial charge < -0.3 is 5.73 Å². The molecule has 0 spiro atoms. The van der Waals surface area contributed by atoms with Crippen molar-refractivity contribution >= 4 is 44.1 Å². The molecule has 2 rings (SSSR count). The first kappa shape index (κ1) is 9.68. The lowest BCUT2D eigenvalue weighted by Gasteiger charge is -2.05. The van der Waals surface area contributed by atoms with Crippen molar-refractivity contribution in [1.29, 1.82) is 0 Å². The highest BCUT2D eigenvalue weighted by atomic mass is 79.9. The van der Waals surface area contributed by atoms with Gasteiger partial charge in [0.05, 0.1) is 32.3 Å². The van der Waals surface area contributed by atoms with Gasteiger partial charge in [-0.3, -0.25) is 4.98 Å². The van der Waals surface area contributed by atoms with E-state index >= 15 is 0 Å². The Morgan fingerprint density at radius 2 is 2.14 bits per heavy atom. The normalized spacial score (nSPS) is 10.8. The third-order valence-electron chi connectivity index (χ3n) is 1.89. The molecule has 2 nitrogen and oxygen atoms in total. The summed E-state index contributed by atoms with van der Waals surface area (Å²) in [5.74, 6) is -0.504. The van der Waals surface area contributed by atoms with Gasteiger partial charge >= 0.3 is 0 Å². The van der Waals surface area contributed by atoms with Crippen LogP contribution >= 0.6 is 27.5 Å². The van der Waals surface area contributed by atoms with E-state index in [0.717, 1.165) is 0 Å². The summed E-state index contributed by atoms with van der Waals surface area (Å²) in [5, 5.41) is 0.378. The van der Waals surface area contributed by atoms with Gasteiger partial charge in [-0.15, -0.1) is 0 Å². The fourth-order valence-corrected chi connectivity index (χ4v) is 1.83. The van der Waals surface area contributed by atoms with Crippen LogP contribution < -0.4 is 5.73 Å². The molecule has 2 N–H and O–H groups in total. The molecule has 0 bridgehead atoms. The van der Waals surface area contributed by atoms with E-state index in [9.17, 15) is 4.39 Å². The van der Waals surface area contributed by atoms with E-state index in [1.165, 1.54) is 12.3 Å². The fraction of sp³-hybridized carbons (Fsp3) is 0. The smallest absolute Gasteiger partial charge is 0.152 e. The van der Waals surface area contributed by atoms with Crippen LogP contribution in [0.5, 0.6) is 0 Å². The molecule has 5 heteroatoms. The lowest BCUT2D eigenvalue weighted by Crippen LogP contribution is -1.92. The van der Waals surface area contributed by atoms with Gasteiger partial charge in [-0.2, -0.15) is 0 Å². The Morgan fingerprint density at radius 1 is 1.43 bits per heavy atom. The molecule has 0 amide bonds. The molecule has 1 aromatic carbocycles. The van der Waals surface area contributed by atoms with Crippen LogP contribution in [0.1, 0.15) is 0 Å². The number of anilines is 1. The van der Waals surface area contributed by atoms with Gasteiger partial charge in [-0.1, -0.05) is 11.6 Å². The van der Waals surface area contributed by atoms with Crippen LogP contribution in [0.3, 0.4) is 0 Å². The maximum absolute atomic E-state index is 13.6. The van der Waals surface area contributed by atoms with Crippen molar-refractivity contribution in [2.45, 2.75) is 0 Å². The van der Waals surface area contributed by atoms with E-state index in [2.05, 4.69) is 20.9 Å². The van der Waals surface area contributed by atoms with Crippen LogP contribution in [-0.2, 0) is 0 Å². The number of aromatic nitrogens is 1. The SMILES string of the molecule is Nc1cnc2ccc(Cl)c(F)c2c1Br. The molecule has 0 fully saturated rings. The Morgan fingerprint density at radius 3 is 2.86 bits per heavy atom. The zero-order valence-corrected chi connectivity index (χ0v) is 9.23. The second-order valence-corrected chi connectivity index (χ2v) is 3.98. The van der Waals surface area contributed by atoms with Crippen molar-refractivity contribution in [1.82, 2.24) is 4.98 Å². The highest BCUT2D eigenvalue weighted by Crippen LogP contribution is 2.32. The van der Waals surface area contributed by atoms with Crippen molar-refractivity contribution in [3.05, 3.63) is 33.6 Å². The quantitative estimate of drug-likeness (QED) is 0.800. The van der Waals surface area contributed by atoms with Crippen LogP contribution in [0, 0.1) is 5.82 Å². The molecule has 0 unspecified atom stereocenters. The lowest BCUT2D eigenvalue weighted by molar-refractivity contribution is 0.639. The highest BCUT2D eigenvalue weighted by molar-refractivity contribution is 9.10. The number of fused-ring (bicyclic) bond motifs is 1. The van der Waals surface area contributed by atoms with E-state index < -0.39 is 5.82 Å². The van der Waals surface area contributed by atoms with Crippen LogP contribution in [-0.4, -0.2) is 4.98 Å². The number of nitrogens with zero attached hydrogens (tertiary/aromatic N) is 1. The fourth-order valence-electron chi connectivity index (χ4n) is 1.20. The summed E-state index contributed by atoms with van der Waals surface area (Å²) >= 11 is 8.85. The van der Waals surface area contributed by atoms with Crippen molar-refractivity contribution in [3.8, 4) is 0 Å². The van der Waals surface area contributed by atoms with Crippen molar-refractivity contribution in [2.24, 2.45) is 0 Å². The van der Waals surface area contributed by atoms with Gasteiger partial charge in [-0.05, 0) is 28.1 Å². The number of nitrogens with two attached hydrogens (primary N) is 1. The number of rotatable bonds is 0. The van der Waals surface area contributed by atoms with Crippen LogP contribution in [0.4, 0.5) is 10.1 Å². The molecule has 72 valence electrons. The average molecular weight is 276 g/mol. The van der Waals surface area contributed by atoms with E-state index in [1.807, 2.05) is 0 Å². The molecule has 0 aliphatic heterocycles. The minimum Gasteiger partial charge on any atom is -0.397 e. The Balaban J connectivity index is 2.98. The first-order chi connectivity index (χ1) is 6.61. The molecule has 0 saturated heterocycles. The molecule has 0 saturated carbocycles. The summed E-state index contributed by atoms with van der Waals surface area (Å²) in [6, 6.07) is 3.11. The summed E-state index contributed by atoms with van der Waals surface area (Å²) in [6.07, 6.45) is 1.47. The molecule has 0 atom stereocenters. The first-order valence-corrected chi connectivity index (χ1v) is 4.96. The third-order valence-corrected chi connectivity index (χ3v) is 3.03. The second-order valence-electron chi connectivity index (χ2n) is 2.78. The largest absolute Gasteiger partial charge is 0.397 e. The second kappa shape index (κ2) is 3.37. The third kappa shape index (κ3) is 1.35. The number of pyridine rings is 1. The van der Waals surface area contributed by atoms with Crippen LogP contribution in [0.15, 0.2) is 22.8 Å². The molecular formula is C9H5BrClFN2. The summed E-state index contributed by atoms with van der Waals surface area (Å²) in [7, 11) is 0. The first-order valence-electron chi connectivity index (χ1n) is 3.79. The van der Waals surface area contributed by atoms with E-state index in [4.69, 9.17) is 17.3 Å².